The maximum atomic E-state index is 12.2. The van der Waals surface area contributed by atoms with Gasteiger partial charge in [-0.15, -0.1) is 0 Å². The van der Waals surface area contributed by atoms with Gasteiger partial charge in [-0.1, -0.05) is 0 Å². The Balaban J connectivity index is 1.42. The van der Waals surface area contributed by atoms with Crippen molar-refractivity contribution in [1.82, 2.24) is 19.4 Å². The van der Waals surface area contributed by atoms with Gasteiger partial charge in [-0.2, -0.15) is 0 Å². The molecule has 144 valence electrons. The molecule has 6 heteroatoms. The fourth-order valence-electron chi connectivity index (χ4n) is 4.60. The molecule has 2 aliphatic rings. The zero-order valence-corrected chi connectivity index (χ0v) is 16.0. The highest BCUT2D eigenvalue weighted by Crippen LogP contribution is 2.39. The summed E-state index contributed by atoms with van der Waals surface area (Å²) in [7, 11) is 0. The molecule has 2 aromatic heterocycles. The first-order valence-corrected chi connectivity index (χ1v) is 9.90. The first-order chi connectivity index (χ1) is 13.2. The highest BCUT2D eigenvalue weighted by atomic mass is 16.6. The number of nitrogens with zero attached hydrogens (tertiary/aromatic N) is 4. The zero-order chi connectivity index (χ0) is 18.7. The van der Waals surface area contributed by atoms with Gasteiger partial charge in [-0.25, -0.2) is 4.79 Å². The minimum Gasteiger partial charge on any atom is -0.450 e. The van der Waals surface area contributed by atoms with E-state index in [4.69, 9.17) is 4.74 Å². The molecule has 4 heterocycles. The van der Waals surface area contributed by atoms with Gasteiger partial charge in [0.05, 0.1) is 18.5 Å². The summed E-state index contributed by atoms with van der Waals surface area (Å²) in [6, 6.07) is 8.33. The van der Waals surface area contributed by atoms with Crippen molar-refractivity contribution in [1.29, 1.82) is 0 Å². The fourth-order valence-corrected chi connectivity index (χ4v) is 4.60. The van der Waals surface area contributed by atoms with Crippen LogP contribution in [0, 0.1) is 5.41 Å². The van der Waals surface area contributed by atoms with Gasteiger partial charge in [0.25, 0.3) is 0 Å². The van der Waals surface area contributed by atoms with E-state index in [1.165, 1.54) is 12.1 Å². The van der Waals surface area contributed by atoms with Gasteiger partial charge < -0.3 is 14.2 Å². The molecule has 2 saturated heterocycles. The van der Waals surface area contributed by atoms with Crippen molar-refractivity contribution >= 4 is 6.09 Å². The molecule has 0 aliphatic carbocycles. The van der Waals surface area contributed by atoms with E-state index in [9.17, 15) is 4.79 Å². The Hall–Kier alpha value is -2.34. The molecule has 0 radical (unpaired) electrons. The molecule has 1 amide bonds. The molecule has 2 aliphatic heterocycles. The van der Waals surface area contributed by atoms with Gasteiger partial charge in [0.15, 0.2) is 0 Å². The molecular formula is C21H28N4O2. The van der Waals surface area contributed by atoms with Crippen LogP contribution in [0.1, 0.15) is 31.9 Å². The lowest BCUT2D eigenvalue weighted by Crippen LogP contribution is -2.47. The van der Waals surface area contributed by atoms with E-state index in [1.807, 2.05) is 24.1 Å². The number of likely N-dealkylation sites (tertiary alicyclic amines) is 2. The Morgan fingerprint density at radius 1 is 1.22 bits per heavy atom. The quantitative estimate of drug-likeness (QED) is 0.831. The van der Waals surface area contributed by atoms with E-state index >= 15 is 0 Å². The number of carbonyl (C=O) groups is 1. The summed E-state index contributed by atoms with van der Waals surface area (Å²) in [5.74, 6) is 0. The van der Waals surface area contributed by atoms with Crippen LogP contribution in [0.3, 0.4) is 0 Å². The van der Waals surface area contributed by atoms with Crippen LogP contribution in [0.25, 0.3) is 5.69 Å². The van der Waals surface area contributed by atoms with E-state index in [-0.39, 0.29) is 11.5 Å². The van der Waals surface area contributed by atoms with Gasteiger partial charge in [-0.3, -0.25) is 9.88 Å². The number of pyridine rings is 1. The number of piperidine rings is 1. The third-order valence-corrected chi connectivity index (χ3v) is 5.85. The Bertz CT molecular complexity index is 775. The molecule has 0 aromatic carbocycles. The van der Waals surface area contributed by atoms with Gasteiger partial charge >= 0.3 is 6.09 Å². The Kier molecular flexibility index (Phi) is 5.16. The lowest BCUT2D eigenvalue weighted by molar-refractivity contribution is 0.0599. The molecule has 6 nitrogen and oxygen atoms in total. The second kappa shape index (κ2) is 7.72. The van der Waals surface area contributed by atoms with Crippen molar-refractivity contribution in [2.75, 3.05) is 32.8 Å². The van der Waals surface area contributed by atoms with Crippen molar-refractivity contribution in [2.24, 2.45) is 5.41 Å². The van der Waals surface area contributed by atoms with Gasteiger partial charge in [-0.05, 0) is 57.0 Å². The van der Waals surface area contributed by atoms with E-state index in [1.54, 1.807) is 6.20 Å². The van der Waals surface area contributed by atoms with Gasteiger partial charge in [0.1, 0.15) is 0 Å². The Labute approximate surface area is 160 Å². The van der Waals surface area contributed by atoms with E-state index < -0.39 is 0 Å². The average molecular weight is 368 g/mol. The minimum atomic E-state index is -0.152. The predicted molar refractivity (Wildman–Crippen MR) is 104 cm³/mol. The number of amides is 1. The van der Waals surface area contributed by atoms with Crippen molar-refractivity contribution < 1.29 is 9.53 Å². The SMILES string of the molecule is CCOC(=O)N1CCC[C@@]2(CCN(Cc3cccn3-c3cccnc3)C2)C1. The topological polar surface area (TPSA) is 50.6 Å². The van der Waals surface area contributed by atoms with E-state index in [2.05, 4.69) is 38.8 Å². The fraction of sp³-hybridized carbons (Fsp3) is 0.524. The summed E-state index contributed by atoms with van der Waals surface area (Å²) in [5, 5.41) is 0. The van der Waals surface area contributed by atoms with Crippen molar-refractivity contribution in [3.63, 3.8) is 0 Å². The Morgan fingerprint density at radius 2 is 2.15 bits per heavy atom. The summed E-state index contributed by atoms with van der Waals surface area (Å²) >= 11 is 0. The number of carbonyl (C=O) groups excluding carboxylic acids is 1. The van der Waals surface area contributed by atoms with Crippen LogP contribution < -0.4 is 0 Å². The van der Waals surface area contributed by atoms with Crippen molar-refractivity contribution in [3.05, 3.63) is 48.5 Å². The maximum Gasteiger partial charge on any atom is 0.409 e. The monoisotopic (exact) mass is 368 g/mol. The summed E-state index contributed by atoms with van der Waals surface area (Å²) in [6.45, 7) is 7.00. The molecule has 0 saturated carbocycles. The summed E-state index contributed by atoms with van der Waals surface area (Å²) in [4.78, 5) is 20.8. The highest BCUT2D eigenvalue weighted by Gasteiger charge is 2.42. The first-order valence-electron chi connectivity index (χ1n) is 9.90. The lowest BCUT2D eigenvalue weighted by Gasteiger charge is -2.39. The van der Waals surface area contributed by atoms with Crippen LogP contribution in [0.2, 0.25) is 0 Å². The number of hydrogen-bond acceptors (Lipinski definition) is 4. The standard InChI is InChI=1S/C21H28N4O2/c1-2-27-20(26)24-11-5-8-21(17-24)9-13-23(16-21)15-19-7-4-12-25(19)18-6-3-10-22-14-18/h3-4,6-7,10,12,14H,2,5,8-9,11,13,15-17H2,1H3/t21-/m0/s1. The molecule has 27 heavy (non-hydrogen) atoms. The third kappa shape index (κ3) is 3.86. The largest absolute Gasteiger partial charge is 0.450 e. The molecule has 2 aromatic rings. The molecule has 0 bridgehead atoms. The normalized spacial score (nSPS) is 23.1. The van der Waals surface area contributed by atoms with Crippen LogP contribution >= 0.6 is 0 Å². The van der Waals surface area contributed by atoms with Crippen LogP contribution in [-0.2, 0) is 11.3 Å². The predicted octanol–water partition coefficient (Wildman–Crippen LogP) is 3.32. The molecule has 2 fully saturated rings. The third-order valence-electron chi connectivity index (χ3n) is 5.85. The molecule has 4 rings (SSSR count). The smallest absolute Gasteiger partial charge is 0.409 e. The zero-order valence-electron chi connectivity index (χ0n) is 16.0. The van der Waals surface area contributed by atoms with Crippen LogP contribution in [0.4, 0.5) is 4.79 Å². The number of hydrogen-bond donors (Lipinski definition) is 0. The summed E-state index contributed by atoms with van der Waals surface area (Å²) < 4.78 is 7.44. The number of ether oxygens (including phenoxy) is 1. The van der Waals surface area contributed by atoms with Crippen LogP contribution in [0.15, 0.2) is 42.9 Å². The molecule has 1 atom stereocenters. The van der Waals surface area contributed by atoms with E-state index in [0.717, 1.165) is 51.3 Å². The maximum absolute atomic E-state index is 12.2. The summed E-state index contributed by atoms with van der Waals surface area (Å²) in [6.07, 6.45) is 9.06. The second-order valence-corrected chi connectivity index (χ2v) is 7.77. The summed E-state index contributed by atoms with van der Waals surface area (Å²) in [5.41, 5.74) is 2.59. The average Bonchev–Trinajstić information content (AvgIpc) is 3.30. The molecule has 1 spiro atoms. The number of rotatable bonds is 4. The van der Waals surface area contributed by atoms with Gasteiger partial charge in [0.2, 0.25) is 0 Å². The van der Waals surface area contributed by atoms with Crippen molar-refractivity contribution in [3.8, 4) is 5.69 Å². The highest BCUT2D eigenvalue weighted by molar-refractivity contribution is 5.67. The first kappa shape index (κ1) is 18.0. The molecule has 0 unspecified atom stereocenters. The van der Waals surface area contributed by atoms with Gasteiger partial charge in [0, 0.05) is 49.7 Å². The van der Waals surface area contributed by atoms with Crippen LogP contribution in [-0.4, -0.2) is 58.2 Å². The molecular weight excluding hydrogens is 340 g/mol. The van der Waals surface area contributed by atoms with E-state index in [0.29, 0.717) is 6.61 Å². The van der Waals surface area contributed by atoms with Crippen LogP contribution in [0.5, 0.6) is 0 Å². The van der Waals surface area contributed by atoms with Crippen molar-refractivity contribution in [2.45, 2.75) is 32.7 Å². The Morgan fingerprint density at radius 3 is 2.96 bits per heavy atom. The number of aromatic nitrogens is 2. The second-order valence-electron chi connectivity index (χ2n) is 7.77. The lowest BCUT2D eigenvalue weighted by atomic mass is 9.79. The molecule has 0 N–H and O–H groups in total. The minimum absolute atomic E-state index is 0.152.